The highest BCUT2D eigenvalue weighted by Gasteiger charge is 2.28. The third-order valence-corrected chi connectivity index (χ3v) is 4.55. The Kier molecular flexibility index (Phi) is 7.86. The van der Waals surface area contributed by atoms with Crippen molar-refractivity contribution in [2.45, 2.75) is 38.3 Å². The van der Waals surface area contributed by atoms with E-state index in [-0.39, 0.29) is 6.54 Å². The van der Waals surface area contributed by atoms with Crippen molar-refractivity contribution in [2.24, 2.45) is 12.0 Å². The summed E-state index contributed by atoms with van der Waals surface area (Å²) in [6, 6.07) is 0.706. The molecule has 1 aromatic heterocycles. The molecule has 1 fully saturated rings. The van der Waals surface area contributed by atoms with Gasteiger partial charge in [-0.05, 0) is 26.7 Å². The van der Waals surface area contributed by atoms with Crippen molar-refractivity contribution in [1.82, 2.24) is 25.3 Å². The molecular weight excluding hydrogens is 332 g/mol. The molecule has 26 heavy (non-hydrogen) atoms. The predicted molar refractivity (Wildman–Crippen MR) is 103 cm³/mol. The van der Waals surface area contributed by atoms with E-state index in [4.69, 9.17) is 4.74 Å². The topological polar surface area (TPSA) is 86.9 Å². The number of hydrogen-bond donors (Lipinski definition) is 3. The number of aromatic nitrogens is 2. The van der Waals surface area contributed by atoms with Crippen molar-refractivity contribution in [3.8, 4) is 0 Å². The molecule has 1 aliphatic rings. The first-order chi connectivity index (χ1) is 12.5. The zero-order chi connectivity index (χ0) is 19.0. The quantitative estimate of drug-likeness (QED) is 0.386. The van der Waals surface area contributed by atoms with Crippen molar-refractivity contribution < 1.29 is 9.84 Å². The van der Waals surface area contributed by atoms with Crippen LogP contribution in [-0.2, 0) is 17.4 Å². The highest BCUT2D eigenvalue weighted by Crippen LogP contribution is 2.26. The Labute approximate surface area is 156 Å². The van der Waals surface area contributed by atoms with Crippen molar-refractivity contribution >= 4 is 5.96 Å². The first-order valence-corrected chi connectivity index (χ1v) is 9.43. The average Bonchev–Trinajstić information content (AvgIpc) is 3.35. The first-order valence-electron chi connectivity index (χ1n) is 9.43. The average molecular weight is 367 g/mol. The summed E-state index contributed by atoms with van der Waals surface area (Å²) in [4.78, 5) is 7.02. The van der Waals surface area contributed by atoms with E-state index in [1.807, 2.05) is 20.2 Å². The van der Waals surface area contributed by atoms with Gasteiger partial charge in [0.2, 0.25) is 0 Å². The highest BCUT2D eigenvalue weighted by molar-refractivity contribution is 5.79. The van der Waals surface area contributed by atoms with Crippen LogP contribution in [0.3, 0.4) is 0 Å². The summed E-state index contributed by atoms with van der Waals surface area (Å²) >= 11 is 0. The lowest BCUT2D eigenvalue weighted by atomic mass is 10.0. The SMILES string of the molecule is CCNC(=NCC(C)(O)c1cnn(C)c1)NCCN(CCOC)C1CC1. The zero-order valence-corrected chi connectivity index (χ0v) is 16.5. The molecule has 0 bridgehead atoms. The van der Waals surface area contributed by atoms with Gasteiger partial charge in [0.05, 0.1) is 19.3 Å². The molecule has 1 aromatic rings. The molecule has 0 spiro atoms. The molecule has 0 saturated heterocycles. The van der Waals surface area contributed by atoms with Crippen LogP contribution >= 0.6 is 0 Å². The molecule has 148 valence electrons. The monoisotopic (exact) mass is 366 g/mol. The minimum Gasteiger partial charge on any atom is -0.383 e. The Morgan fingerprint density at radius 2 is 2.23 bits per heavy atom. The van der Waals surface area contributed by atoms with E-state index in [2.05, 4.69) is 25.6 Å². The van der Waals surface area contributed by atoms with Crippen molar-refractivity contribution in [1.29, 1.82) is 0 Å². The molecule has 0 aromatic carbocycles. The van der Waals surface area contributed by atoms with Gasteiger partial charge in [-0.1, -0.05) is 0 Å². The van der Waals surface area contributed by atoms with Crippen LogP contribution in [0.4, 0.5) is 0 Å². The Balaban J connectivity index is 1.85. The summed E-state index contributed by atoms with van der Waals surface area (Å²) < 4.78 is 6.89. The molecule has 1 heterocycles. The Hall–Kier alpha value is -1.64. The fourth-order valence-corrected chi connectivity index (χ4v) is 2.81. The molecule has 2 rings (SSSR count). The molecule has 3 N–H and O–H groups in total. The van der Waals surface area contributed by atoms with Crippen LogP contribution < -0.4 is 10.6 Å². The van der Waals surface area contributed by atoms with Crippen LogP contribution in [0.5, 0.6) is 0 Å². The molecular formula is C18H34N6O2. The largest absolute Gasteiger partial charge is 0.383 e. The smallest absolute Gasteiger partial charge is 0.191 e. The van der Waals surface area contributed by atoms with Crippen molar-refractivity contribution in [3.05, 3.63) is 18.0 Å². The maximum Gasteiger partial charge on any atom is 0.191 e. The fraction of sp³-hybridized carbons (Fsp3) is 0.778. The highest BCUT2D eigenvalue weighted by atomic mass is 16.5. The molecule has 0 radical (unpaired) electrons. The summed E-state index contributed by atoms with van der Waals surface area (Å²) in [7, 11) is 3.58. The number of nitrogens with one attached hydrogen (secondary N) is 2. The van der Waals surface area contributed by atoms with Crippen molar-refractivity contribution in [3.63, 3.8) is 0 Å². The fourth-order valence-electron chi connectivity index (χ4n) is 2.81. The molecule has 1 atom stereocenters. The number of hydrogen-bond acceptors (Lipinski definition) is 5. The van der Waals surface area contributed by atoms with Gasteiger partial charge in [0.1, 0.15) is 5.60 Å². The second kappa shape index (κ2) is 9.89. The van der Waals surface area contributed by atoms with Gasteiger partial charge in [-0.2, -0.15) is 5.10 Å². The number of aryl methyl sites for hydroxylation is 1. The summed E-state index contributed by atoms with van der Waals surface area (Å²) in [5.41, 5.74) is -0.283. The van der Waals surface area contributed by atoms with Crippen molar-refractivity contribution in [2.75, 3.05) is 46.4 Å². The number of aliphatic hydroxyl groups is 1. The van der Waals surface area contributed by atoms with Gasteiger partial charge < -0.3 is 20.5 Å². The van der Waals surface area contributed by atoms with E-state index >= 15 is 0 Å². The van der Waals surface area contributed by atoms with Gasteiger partial charge in [-0.25, -0.2) is 4.99 Å². The lowest BCUT2D eigenvalue weighted by molar-refractivity contribution is 0.0671. The third-order valence-electron chi connectivity index (χ3n) is 4.55. The van der Waals surface area contributed by atoms with Crippen LogP contribution in [0.1, 0.15) is 32.3 Å². The molecule has 1 saturated carbocycles. The van der Waals surface area contributed by atoms with Gasteiger partial charge in [0.25, 0.3) is 0 Å². The maximum absolute atomic E-state index is 10.7. The number of rotatable bonds is 11. The minimum atomic E-state index is -1.05. The minimum absolute atomic E-state index is 0.268. The van der Waals surface area contributed by atoms with Gasteiger partial charge >= 0.3 is 0 Å². The Morgan fingerprint density at radius 1 is 1.46 bits per heavy atom. The standard InChI is InChI=1S/C18H34N6O2/c1-5-19-17(20-8-9-24(10-11-26-4)16-6-7-16)21-14-18(2,25)15-12-22-23(3)13-15/h12-13,16,25H,5-11,14H2,1-4H3,(H2,19,20,21). The van der Waals surface area contributed by atoms with E-state index in [0.29, 0.717) is 6.04 Å². The first kappa shape index (κ1) is 20.7. The third kappa shape index (κ3) is 6.59. The number of nitrogens with zero attached hydrogens (tertiary/aromatic N) is 4. The molecule has 1 unspecified atom stereocenters. The second-order valence-corrected chi connectivity index (χ2v) is 7.06. The number of aliphatic imine (C=N–C) groups is 1. The Morgan fingerprint density at radius 3 is 2.81 bits per heavy atom. The summed E-state index contributed by atoms with van der Waals surface area (Å²) in [5.74, 6) is 0.721. The van der Waals surface area contributed by atoms with Crippen LogP contribution in [0.25, 0.3) is 0 Å². The normalized spacial score (nSPS) is 17.4. The van der Waals surface area contributed by atoms with E-state index in [1.165, 1.54) is 12.8 Å². The number of methoxy groups -OCH3 is 1. The van der Waals surface area contributed by atoms with Gasteiger partial charge in [-0.3, -0.25) is 9.58 Å². The van der Waals surface area contributed by atoms with E-state index in [9.17, 15) is 5.11 Å². The maximum atomic E-state index is 10.7. The lowest BCUT2D eigenvalue weighted by Gasteiger charge is -2.23. The Bertz CT molecular complexity index is 568. The summed E-state index contributed by atoms with van der Waals surface area (Å²) in [5, 5.41) is 21.4. The van der Waals surface area contributed by atoms with Gasteiger partial charge in [0.15, 0.2) is 5.96 Å². The summed E-state index contributed by atoms with van der Waals surface area (Å²) in [6.07, 6.45) is 6.07. The number of ether oxygens (including phenoxy) is 1. The molecule has 8 nitrogen and oxygen atoms in total. The van der Waals surface area contributed by atoms with Crippen LogP contribution in [0.15, 0.2) is 17.4 Å². The second-order valence-electron chi connectivity index (χ2n) is 7.06. The zero-order valence-electron chi connectivity index (χ0n) is 16.5. The number of guanidine groups is 1. The van der Waals surface area contributed by atoms with Crippen LogP contribution in [-0.4, -0.2) is 78.2 Å². The van der Waals surface area contributed by atoms with E-state index < -0.39 is 5.60 Å². The van der Waals surface area contributed by atoms with Crippen LogP contribution in [0.2, 0.25) is 0 Å². The van der Waals surface area contributed by atoms with E-state index in [1.54, 1.807) is 24.9 Å². The predicted octanol–water partition coefficient (Wildman–Crippen LogP) is 0.294. The van der Waals surface area contributed by atoms with Gasteiger partial charge in [0, 0.05) is 58.1 Å². The molecule has 1 aliphatic carbocycles. The van der Waals surface area contributed by atoms with Crippen LogP contribution in [0, 0.1) is 0 Å². The molecule has 8 heteroatoms. The summed E-state index contributed by atoms with van der Waals surface area (Å²) in [6.45, 7) is 8.33. The molecule has 0 amide bonds. The lowest BCUT2D eigenvalue weighted by Crippen LogP contribution is -2.43. The van der Waals surface area contributed by atoms with Gasteiger partial charge in [-0.15, -0.1) is 0 Å². The van der Waals surface area contributed by atoms with E-state index in [0.717, 1.165) is 44.3 Å². The molecule has 0 aliphatic heterocycles.